The van der Waals surface area contributed by atoms with Gasteiger partial charge in [-0.15, -0.1) is 0 Å². The highest BCUT2D eigenvalue weighted by Gasteiger charge is 2.28. The number of aromatic nitrogens is 1. The van der Waals surface area contributed by atoms with Gasteiger partial charge in [0.05, 0.1) is 15.1 Å². The predicted molar refractivity (Wildman–Crippen MR) is 114 cm³/mol. The van der Waals surface area contributed by atoms with Crippen LogP contribution in [-0.2, 0) is 21.4 Å². The zero-order valence-electron chi connectivity index (χ0n) is 16.6. The fourth-order valence-corrected chi connectivity index (χ4v) is 6.80. The standard InChI is InChI=1S/C20H27N3O4S2/c1-14-4-6-15(7-5-14)21-19(24)13-23-17-9-8-16(12-18(17)28-20(23)25)29(26,27)22-10-2-3-11-22/h8-9,12,14-15H,2-7,10-11,13H2,1H3,(H,21,24). The topological polar surface area (TPSA) is 88.5 Å². The number of carbonyl (C=O) groups excluding carboxylic acids is 1. The van der Waals surface area contributed by atoms with Crippen molar-refractivity contribution in [3.63, 3.8) is 0 Å². The molecule has 2 aliphatic rings. The Labute approximate surface area is 174 Å². The average molecular weight is 438 g/mol. The van der Waals surface area contributed by atoms with Crippen molar-refractivity contribution in [2.75, 3.05) is 13.1 Å². The molecule has 1 saturated carbocycles. The molecule has 0 atom stereocenters. The summed E-state index contributed by atoms with van der Waals surface area (Å²) in [4.78, 5) is 24.9. The second-order valence-electron chi connectivity index (χ2n) is 8.22. The van der Waals surface area contributed by atoms with Crippen molar-refractivity contribution in [1.82, 2.24) is 14.2 Å². The first-order chi connectivity index (χ1) is 13.8. The number of nitrogens with one attached hydrogen (secondary N) is 1. The number of amides is 1. The van der Waals surface area contributed by atoms with Crippen LogP contribution in [0.15, 0.2) is 27.9 Å². The lowest BCUT2D eigenvalue weighted by molar-refractivity contribution is -0.122. The Morgan fingerprint density at radius 1 is 1.17 bits per heavy atom. The summed E-state index contributed by atoms with van der Waals surface area (Å²) >= 11 is 0.984. The molecule has 2 aromatic rings. The van der Waals surface area contributed by atoms with Gasteiger partial charge in [0.1, 0.15) is 6.54 Å². The van der Waals surface area contributed by atoms with Gasteiger partial charge in [-0.3, -0.25) is 14.2 Å². The first kappa shape index (κ1) is 20.6. The molecule has 9 heteroatoms. The Hall–Kier alpha value is -1.71. The Morgan fingerprint density at radius 2 is 1.86 bits per heavy atom. The van der Waals surface area contributed by atoms with Crippen LogP contribution >= 0.6 is 11.3 Å². The lowest BCUT2D eigenvalue weighted by atomic mass is 9.87. The van der Waals surface area contributed by atoms with E-state index in [1.165, 1.54) is 8.87 Å². The molecule has 1 saturated heterocycles. The molecular weight excluding hydrogens is 410 g/mol. The molecule has 0 unspecified atom stereocenters. The van der Waals surface area contributed by atoms with Gasteiger partial charge >= 0.3 is 4.87 Å². The molecular formula is C20H27N3O4S2. The number of benzene rings is 1. The maximum absolute atomic E-state index is 12.8. The van der Waals surface area contributed by atoms with Crippen LogP contribution < -0.4 is 10.2 Å². The van der Waals surface area contributed by atoms with Crippen LogP contribution in [0, 0.1) is 5.92 Å². The van der Waals surface area contributed by atoms with Crippen LogP contribution in [0.25, 0.3) is 10.2 Å². The largest absolute Gasteiger partial charge is 0.352 e. The van der Waals surface area contributed by atoms with Crippen LogP contribution in [0.5, 0.6) is 0 Å². The minimum Gasteiger partial charge on any atom is -0.352 e. The number of sulfonamides is 1. The van der Waals surface area contributed by atoms with Crippen molar-refractivity contribution in [2.24, 2.45) is 5.92 Å². The van der Waals surface area contributed by atoms with E-state index in [-0.39, 0.29) is 28.3 Å². The number of hydrogen-bond acceptors (Lipinski definition) is 5. The molecule has 1 aromatic carbocycles. The fourth-order valence-electron chi connectivity index (χ4n) is 4.26. The fraction of sp³-hybridized carbons (Fsp3) is 0.600. The highest BCUT2D eigenvalue weighted by molar-refractivity contribution is 7.89. The van der Waals surface area contributed by atoms with E-state index in [1.807, 2.05) is 0 Å². The molecule has 1 aliphatic heterocycles. The van der Waals surface area contributed by atoms with E-state index in [0.717, 1.165) is 49.9 Å². The first-order valence-electron chi connectivity index (χ1n) is 10.3. The van der Waals surface area contributed by atoms with E-state index in [4.69, 9.17) is 0 Å². The second-order valence-corrected chi connectivity index (χ2v) is 11.2. The summed E-state index contributed by atoms with van der Waals surface area (Å²) in [5.74, 6) is 0.540. The molecule has 2 fully saturated rings. The third kappa shape index (κ3) is 4.27. The van der Waals surface area contributed by atoms with Gasteiger partial charge in [0.25, 0.3) is 0 Å². The van der Waals surface area contributed by atoms with Gasteiger partial charge in [-0.1, -0.05) is 18.3 Å². The maximum Gasteiger partial charge on any atom is 0.308 e. The molecule has 4 rings (SSSR count). The third-order valence-corrected chi connectivity index (χ3v) is 8.86. The average Bonchev–Trinajstić information content (AvgIpc) is 3.32. The van der Waals surface area contributed by atoms with Crippen LogP contribution in [0.1, 0.15) is 45.4 Å². The SMILES string of the molecule is CC1CCC(NC(=O)Cn2c(=O)sc3cc(S(=O)(=O)N4CCCC4)ccc32)CC1. The van der Waals surface area contributed by atoms with Gasteiger partial charge in [0.15, 0.2) is 0 Å². The van der Waals surface area contributed by atoms with Gasteiger partial charge in [0.2, 0.25) is 15.9 Å². The highest BCUT2D eigenvalue weighted by atomic mass is 32.2. The smallest absolute Gasteiger partial charge is 0.308 e. The number of carbonyl (C=O) groups is 1. The second kappa shape index (κ2) is 8.20. The quantitative estimate of drug-likeness (QED) is 0.779. The van der Waals surface area contributed by atoms with E-state index in [0.29, 0.717) is 29.2 Å². The summed E-state index contributed by atoms with van der Waals surface area (Å²) in [6.45, 7) is 3.27. The number of hydrogen-bond donors (Lipinski definition) is 1. The third-order valence-electron chi connectivity index (χ3n) is 6.03. The zero-order chi connectivity index (χ0) is 20.6. The number of fused-ring (bicyclic) bond motifs is 1. The summed E-state index contributed by atoms with van der Waals surface area (Å²) in [6.07, 6.45) is 5.93. The maximum atomic E-state index is 12.8. The van der Waals surface area contributed by atoms with Crippen LogP contribution in [0.4, 0.5) is 0 Å². The summed E-state index contributed by atoms with van der Waals surface area (Å²) in [5.41, 5.74) is 0.604. The molecule has 1 N–H and O–H groups in total. The molecule has 1 amide bonds. The number of thiazole rings is 1. The summed E-state index contributed by atoms with van der Waals surface area (Å²) in [6, 6.07) is 4.92. The molecule has 2 heterocycles. The van der Waals surface area contributed by atoms with Crippen molar-refractivity contribution in [3.8, 4) is 0 Å². The van der Waals surface area contributed by atoms with Gasteiger partial charge in [-0.2, -0.15) is 4.31 Å². The first-order valence-corrected chi connectivity index (χ1v) is 12.5. The molecule has 0 bridgehead atoms. The van der Waals surface area contributed by atoms with E-state index in [9.17, 15) is 18.0 Å². The molecule has 0 spiro atoms. The van der Waals surface area contributed by atoms with Gasteiger partial charge in [0, 0.05) is 19.1 Å². The predicted octanol–water partition coefficient (Wildman–Crippen LogP) is 2.54. The molecule has 1 aliphatic carbocycles. The lowest BCUT2D eigenvalue weighted by Crippen LogP contribution is -2.40. The summed E-state index contributed by atoms with van der Waals surface area (Å²) < 4.78 is 29.1. The summed E-state index contributed by atoms with van der Waals surface area (Å²) in [5, 5.41) is 3.05. The van der Waals surface area contributed by atoms with Crippen molar-refractivity contribution in [2.45, 2.75) is 62.9 Å². The normalized spacial score (nSPS) is 23.5. The Bertz CT molecular complexity index is 1060. The highest BCUT2D eigenvalue weighted by Crippen LogP contribution is 2.26. The van der Waals surface area contributed by atoms with Gasteiger partial charge in [-0.05, 0) is 62.6 Å². The Kier molecular flexibility index (Phi) is 5.81. The number of rotatable bonds is 5. The Morgan fingerprint density at radius 3 is 2.55 bits per heavy atom. The minimum atomic E-state index is -3.53. The van der Waals surface area contributed by atoms with E-state index in [2.05, 4.69) is 12.2 Å². The van der Waals surface area contributed by atoms with E-state index < -0.39 is 10.0 Å². The molecule has 29 heavy (non-hydrogen) atoms. The van der Waals surface area contributed by atoms with Gasteiger partial charge in [-0.25, -0.2) is 8.42 Å². The minimum absolute atomic E-state index is 0.0386. The van der Waals surface area contributed by atoms with Gasteiger partial charge < -0.3 is 5.32 Å². The van der Waals surface area contributed by atoms with Crippen molar-refractivity contribution in [1.29, 1.82) is 0 Å². The van der Waals surface area contributed by atoms with Crippen molar-refractivity contribution < 1.29 is 13.2 Å². The van der Waals surface area contributed by atoms with E-state index >= 15 is 0 Å². The summed E-state index contributed by atoms with van der Waals surface area (Å²) in [7, 11) is -3.53. The molecule has 158 valence electrons. The monoisotopic (exact) mass is 437 g/mol. The van der Waals surface area contributed by atoms with Crippen LogP contribution in [0.3, 0.4) is 0 Å². The van der Waals surface area contributed by atoms with E-state index in [1.54, 1.807) is 18.2 Å². The van der Waals surface area contributed by atoms with Crippen molar-refractivity contribution >= 4 is 37.5 Å². The molecule has 1 aromatic heterocycles. The van der Waals surface area contributed by atoms with Crippen molar-refractivity contribution in [3.05, 3.63) is 27.9 Å². The number of nitrogens with zero attached hydrogens (tertiary/aromatic N) is 2. The van der Waals surface area contributed by atoms with Crippen LogP contribution in [0.2, 0.25) is 0 Å². The lowest BCUT2D eigenvalue weighted by Gasteiger charge is -2.26. The van der Waals surface area contributed by atoms with Crippen LogP contribution in [-0.4, -0.2) is 42.3 Å². The zero-order valence-corrected chi connectivity index (χ0v) is 18.2. The molecule has 0 radical (unpaired) electrons. The molecule has 7 nitrogen and oxygen atoms in total. The Balaban J connectivity index is 1.52.